The number of nitrogens with zero attached hydrogens (tertiary/aromatic N) is 3. The van der Waals surface area contributed by atoms with E-state index in [9.17, 15) is 5.11 Å². The number of aliphatic hydroxyl groups excluding tert-OH is 1. The van der Waals surface area contributed by atoms with E-state index >= 15 is 0 Å². The second-order valence-electron chi connectivity index (χ2n) is 4.19. The quantitative estimate of drug-likeness (QED) is 0.440. The topological polar surface area (TPSA) is 45.0 Å². The lowest BCUT2D eigenvalue weighted by Crippen LogP contribution is -2.35. The first-order valence-corrected chi connectivity index (χ1v) is 6.50. The van der Waals surface area contributed by atoms with Gasteiger partial charge in [0.15, 0.2) is 11.8 Å². The summed E-state index contributed by atoms with van der Waals surface area (Å²) < 4.78 is 0.916. The number of halogens is 2. The average molecular weight is 351 g/mol. The van der Waals surface area contributed by atoms with Gasteiger partial charge >= 0.3 is 0 Å². The van der Waals surface area contributed by atoms with Crippen molar-refractivity contribution >= 4 is 44.4 Å². The van der Waals surface area contributed by atoms with Crippen LogP contribution in [0.4, 0.5) is 0 Å². The largest absolute Gasteiger partial charge is 0.393 e. The van der Waals surface area contributed by atoms with E-state index in [1.165, 1.54) is 0 Å². The molecule has 1 unspecified atom stereocenters. The SMILES string of the molecule is OC1CC(C2=C3C=NC=C[N+]3(Cl)C(I)=N2)C1. The van der Waals surface area contributed by atoms with E-state index in [4.69, 9.17) is 11.8 Å². The number of fused-ring (bicyclic) bond motifs is 1. The van der Waals surface area contributed by atoms with Gasteiger partial charge in [-0.25, -0.2) is 0 Å². The first-order chi connectivity index (χ1) is 7.61. The number of hydrogen-bond acceptors (Lipinski definition) is 3. The molecule has 0 saturated heterocycles. The van der Waals surface area contributed by atoms with Crippen molar-refractivity contribution in [2.75, 3.05) is 0 Å². The average Bonchev–Trinajstić information content (AvgIpc) is 2.47. The number of rotatable bonds is 1. The Hall–Kier alpha value is -0.240. The molecule has 0 amide bonds. The lowest BCUT2D eigenvalue weighted by Gasteiger charge is -2.30. The smallest absolute Gasteiger partial charge is 0.292 e. The van der Waals surface area contributed by atoms with Gasteiger partial charge in [-0.1, -0.05) is 0 Å². The minimum absolute atomic E-state index is 0.103. The molecule has 1 aliphatic carbocycles. The lowest BCUT2D eigenvalue weighted by molar-refractivity contribution is -0.594. The van der Waals surface area contributed by atoms with Gasteiger partial charge < -0.3 is 5.11 Å². The zero-order chi connectivity index (χ0) is 11.3. The number of quaternary nitrogens is 1. The van der Waals surface area contributed by atoms with Crippen LogP contribution in [0.15, 0.2) is 33.8 Å². The molecule has 2 aliphatic heterocycles. The Morgan fingerprint density at radius 3 is 2.94 bits per heavy atom. The molecule has 0 aromatic carbocycles. The van der Waals surface area contributed by atoms with Gasteiger partial charge in [-0.2, -0.15) is 4.99 Å². The van der Waals surface area contributed by atoms with Gasteiger partial charge in [-0.05, 0) is 12.8 Å². The summed E-state index contributed by atoms with van der Waals surface area (Å²) in [5, 5.41) is 9.35. The molecule has 0 bridgehead atoms. The highest BCUT2D eigenvalue weighted by Crippen LogP contribution is 2.44. The molecule has 1 N–H and O–H groups in total. The zero-order valence-corrected chi connectivity index (χ0v) is 11.3. The molecule has 2 heterocycles. The predicted molar refractivity (Wildman–Crippen MR) is 71.0 cm³/mol. The first kappa shape index (κ1) is 10.9. The molecule has 0 radical (unpaired) electrons. The minimum atomic E-state index is -0.181. The van der Waals surface area contributed by atoms with Crippen molar-refractivity contribution < 1.29 is 9.11 Å². The fourth-order valence-electron chi connectivity index (χ4n) is 2.14. The Kier molecular flexibility index (Phi) is 2.47. The number of hydrogen-bond donors (Lipinski definition) is 1. The molecule has 0 spiro atoms. The lowest BCUT2D eigenvalue weighted by atomic mass is 9.79. The third-order valence-corrected chi connectivity index (χ3v) is 4.89. The van der Waals surface area contributed by atoms with Crippen LogP contribution >= 0.6 is 34.4 Å². The van der Waals surface area contributed by atoms with Crippen LogP contribution in [0.5, 0.6) is 0 Å². The maximum atomic E-state index is 9.35. The number of aliphatic hydroxyl groups is 1. The molecule has 1 atom stereocenters. The van der Waals surface area contributed by atoms with Crippen LogP contribution in [0.1, 0.15) is 12.8 Å². The van der Waals surface area contributed by atoms with Crippen LogP contribution in [-0.4, -0.2) is 25.3 Å². The van der Waals surface area contributed by atoms with Crippen LogP contribution in [0.3, 0.4) is 0 Å². The first-order valence-electron chi connectivity index (χ1n) is 5.08. The fourth-order valence-corrected chi connectivity index (χ4v) is 3.04. The Morgan fingerprint density at radius 2 is 2.25 bits per heavy atom. The van der Waals surface area contributed by atoms with Crippen LogP contribution in [0.2, 0.25) is 0 Å². The van der Waals surface area contributed by atoms with Crippen molar-refractivity contribution in [2.24, 2.45) is 15.9 Å². The molecule has 4 nitrogen and oxygen atoms in total. The molecule has 16 heavy (non-hydrogen) atoms. The number of amidine groups is 1. The van der Waals surface area contributed by atoms with Crippen LogP contribution in [-0.2, 0) is 0 Å². The molecular formula is C10H10ClIN3O+. The Bertz CT molecular complexity index is 465. The van der Waals surface area contributed by atoms with Gasteiger partial charge in [-0.3, -0.25) is 4.99 Å². The second kappa shape index (κ2) is 3.63. The van der Waals surface area contributed by atoms with Crippen molar-refractivity contribution in [3.63, 3.8) is 0 Å². The van der Waals surface area contributed by atoms with Gasteiger partial charge in [0.05, 0.1) is 41.1 Å². The molecule has 1 fully saturated rings. The van der Waals surface area contributed by atoms with Crippen molar-refractivity contribution in [1.29, 1.82) is 0 Å². The van der Waals surface area contributed by atoms with E-state index in [1.54, 1.807) is 12.4 Å². The number of aliphatic imine (C=N–C) groups is 2. The molecule has 0 aromatic heterocycles. The maximum Gasteiger partial charge on any atom is 0.292 e. The van der Waals surface area contributed by atoms with Gasteiger partial charge in [0.2, 0.25) is 5.70 Å². The summed E-state index contributed by atoms with van der Waals surface area (Å²) in [6.45, 7) is 0. The third-order valence-electron chi connectivity index (χ3n) is 3.15. The van der Waals surface area contributed by atoms with Crippen LogP contribution < -0.4 is 0 Å². The molecule has 3 aliphatic rings. The van der Waals surface area contributed by atoms with Crippen molar-refractivity contribution in [3.05, 3.63) is 23.8 Å². The molecule has 84 valence electrons. The van der Waals surface area contributed by atoms with E-state index < -0.39 is 0 Å². The van der Waals surface area contributed by atoms with Gasteiger partial charge in [-0.15, -0.1) is 4.00 Å². The molecule has 1 saturated carbocycles. The predicted octanol–water partition coefficient (Wildman–Crippen LogP) is 2.30. The van der Waals surface area contributed by atoms with Crippen molar-refractivity contribution in [1.82, 2.24) is 0 Å². The van der Waals surface area contributed by atoms with E-state index in [-0.39, 0.29) is 10.1 Å². The van der Waals surface area contributed by atoms with E-state index in [0.29, 0.717) is 5.92 Å². The number of allylic oxidation sites excluding steroid dienone is 2. The highest BCUT2D eigenvalue weighted by molar-refractivity contribution is 14.1. The second-order valence-corrected chi connectivity index (χ2v) is 5.68. The van der Waals surface area contributed by atoms with E-state index in [0.717, 1.165) is 28.1 Å². The van der Waals surface area contributed by atoms with Crippen molar-refractivity contribution in [2.45, 2.75) is 18.9 Å². The summed E-state index contributed by atoms with van der Waals surface area (Å²) in [5.74, 6) is 0.325. The molecular weight excluding hydrogens is 340 g/mol. The minimum Gasteiger partial charge on any atom is -0.393 e. The summed E-state index contributed by atoms with van der Waals surface area (Å²) in [6.07, 6.45) is 6.64. The van der Waals surface area contributed by atoms with Gasteiger partial charge in [0.25, 0.3) is 3.84 Å². The fraction of sp³-hybridized carbons (Fsp3) is 0.400. The molecule has 3 rings (SSSR count). The molecule has 6 heteroatoms. The summed E-state index contributed by atoms with van der Waals surface area (Å²) >= 11 is 8.63. The highest BCUT2D eigenvalue weighted by Gasteiger charge is 2.47. The van der Waals surface area contributed by atoms with Crippen molar-refractivity contribution in [3.8, 4) is 0 Å². The molecule has 0 aromatic rings. The zero-order valence-electron chi connectivity index (χ0n) is 8.35. The summed E-state index contributed by atoms with van der Waals surface area (Å²) in [4.78, 5) is 8.64. The van der Waals surface area contributed by atoms with E-state index in [1.807, 2.05) is 6.20 Å². The summed E-state index contributed by atoms with van der Waals surface area (Å²) in [7, 11) is 0. The van der Waals surface area contributed by atoms with Gasteiger partial charge in [0, 0.05) is 5.92 Å². The standard InChI is InChI=1S/C10H10ClIN3O/c11-15-2-1-13-5-8(15)9(14-10(15)12)6-3-7(16)4-6/h1-2,5-7,16H,3-4H2/q+1. The van der Waals surface area contributed by atoms with E-state index in [2.05, 4.69) is 32.6 Å². The van der Waals surface area contributed by atoms with Crippen LogP contribution in [0.25, 0.3) is 0 Å². The summed E-state index contributed by atoms with van der Waals surface area (Å²) in [5.41, 5.74) is 1.91. The van der Waals surface area contributed by atoms with Gasteiger partial charge in [0.1, 0.15) is 11.9 Å². The Morgan fingerprint density at radius 1 is 1.50 bits per heavy atom. The normalized spacial score (nSPS) is 40.8. The Balaban J connectivity index is 2.01. The Labute approximate surface area is 112 Å². The highest BCUT2D eigenvalue weighted by atomic mass is 127. The third kappa shape index (κ3) is 1.42. The summed E-state index contributed by atoms with van der Waals surface area (Å²) in [6, 6.07) is 0. The monoisotopic (exact) mass is 350 g/mol. The van der Waals surface area contributed by atoms with Crippen LogP contribution in [0, 0.1) is 5.92 Å². The maximum absolute atomic E-state index is 9.35.